The summed E-state index contributed by atoms with van der Waals surface area (Å²) in [5.74, 6) is 0. The van der Waals surface area contributed by atoms with E-state index in [0.29, 0.717) is 13.2 Å². The van der Waals surface area contributed by atoms with Crippen LogP contribution in [-0.4, -0.2) is 57.6 Å². The van der Waals surface area contributed by atoms with Crippen molar-refractivity contribution in [2.45, 2.75) is 6.10 Å². The lowest BCUT2D eigenvalue weighted by Crippen LogP contribution is -2.35. The van der Waals surface area contributed by atoms with E-state index >= 15 is 0 Å². The summed E-state index contributed by atoms with van der Waals surface area (Å²) in [6.45, 7) is 0.924. The van der Waals surface area contributed by atoms with Crippen molar-refractivity contribution in [3.05, 3.63) is 0 Å². The summed E-state index contributed by atoms with van der Waals surface area (Å²) in [5, 5.41) is 3.25. The van der Waals surface area contributed by atoms with Crippen molar-refractivity contribution >= 4 is 0 Å². The van der Waals surface area contributed by atoms with Crippen LogP contribution in [0.15, 0.2) is 0 Å². The molecule has 0 aromatic rings. The van der Waals surface area contributed by atoms with Gasteiger partial charge < -0.3 is 5.73 Å². The van der Waals surface area contributed by atoms with Gasteiger partial charge in [-0.3, -0.25) is 9.68 Å². The van der Waals surface area contributed by atoms with Crippen molar-refractivity contribution in [1.82, 2.24) is 10.1 Å². The van der Waals surface area contributed by atoms with E-state index in [9.17, 15) is 0 Å². The van der Waals surface area contributed by atoms with Gasteiger partial charge in [0.1, 0.15) is 6.10 Å². The summed E-state index contributed by atoms with van der Waals surface area (Å²) in [7, 11) is 7.28. The highest BCUT2D eigenvalue weighted by atomic mass is 16.7. The third kappa shape index (κ3) is 6.51. The van der Waals surface area contributed by atoms with Crippen LogP contribution in [0.25, 0.3) is 0 Å². The molecule has 5 heteroatoms. The molecule has 1 unspecified atom stereocenters. The van der Waals surface area contributed by atoms with Crippen LogP contribution in [0.5, 0.6) is 0 Å². The minimum Gasteiger partial charge on any atom is -0.328 e. The summed E-state index contributed by atoms with van der Waals surface area (Å²) in [4.78, 5) is 10.5. The second-order valence-electron chi connectivity index (χ2n) is 2.88. The van der Waals surface area contributed by atoms with Gasteiger partial charge in [-0.15, -0.1) is 0 Å². The van der Waals surface area contributed by atoms with Crippen molar-refractivity contribution in [3.63, 3.8) is 0 Å². The molecule has 0 radical (unpaired) electrons. The summed E-state index contributed by atoms with van der Waals surface area (Å²) >= 11 is 0. The Hall–Kier alpha value is -0.200. The van der Waals surface area contributed by atoms with Gasteiger partial charge >= 0.3 is 0 Å². The van der Waals surface area contributed by atoms with E-state index in [1.807, 2.05) is 28.2 Å². The van der Waals surface area contributed by atoms with Crippen LogP contribution in [-0.2, 0) is 9.68 Å². The molecule has 0 aliphatic heterocycles. The van der Waals surface area contributed by atoms with Crippen molar-refractivity contribution in [1.29, 1.82) is 0 Å². The number of nitrogens with zero attached hydrogens (tertiary/aromatic N) is 2. The van der Waals surface area contributed by atoms with Gasteiger partial charge in [-0.05, 0) is 0 Å². The summed E-state index contributed by atoms with van der Waals surface area (Å²) < 4.78 is 0. The zero-order valence-corrected chi connectivity index (χ0v) is 8.28. The van der Waals surface area contributed by atoms with Crippen LogP contribution in [0.2, 0.25) is 0 Å². The Kier molecular flexibility index (Phi) is 6.23. The normalized spacial score (nSPS) is 14.2. The van der Waals surface area contributed by atoms with Crippen molar-refractivity contribution in [2.24, 2.45) is 5.73 Å². The van der Waals surface area contributed by atoms with Crippen LogP contribution in [0.1, 0.15) is 0 Å². The first kappa shape index (κ1) is 11.8. The van der Waals surface area contributed by atoms with Gasteiger partial charge in [0.05, 0.1) is 6.61 Å². The molecule has 0 saturated carbocycles. The SMILES string of the molecule is CN(C)OCC(CN)ON(C)C. The lowest BCUT2D eigenvalue weighted by molar-refractivity contribution is -0.214. The third-order valence-electron chi connectivity index (χ3n) is 1.14. The maximum atomic E-state index is 5.46. The van der Waals surface area contributed by atoms with Crippen molar-refractivity contribution < 1.29 is 9.68 Å². The first-order valence-electron chi connectivity index (χ1n) is 3.90. The minimum atomic E-state index is -0.0811. The highest BCUT2D eigenvalue weighted by Crippen LogP contribution is 1.93. The molecule has 0 aliphatic rings. The third-order valence-corrected chi connectivity index (χ3v) is 1.14. The molecule has 0 rings (SSSR count). The van der Waals surface area contributed by atoms with Gasteiger partial charge in [0.15, 0.2) is 0 Å². The molecule has 0 bridgehead atoms. The van der Waals surface area contributed by atoms with E-state index in [0.717, 1.165) is 0 Å². The molecular formula is C7H19N3O2. The molecule has 74 valence electrons. The minimum absolute atomic E-state index is 0.0811. The summed E-state index contributed by atoms with van der Waals surface area (Å²) in [6.07, 6.45) is -0.0811. The van der Waals surface area contributed by atoms with E-state index in [2.05, 4.69) is 0 Å². The molecular weight excluding hydrogens is 158 g/mol. The fourth-order valence-electron chi connectivity index (χ4n) is 0.672. The van der Waals surface area contributed by atoms with Gasteiger partial charge in [0.2, 0.25) is 0 Å². The predicted octanol–water partition coefficient (Wildman–Crippen LogP) is -0.700. The Morgan fingerprint density at radius 1 is 1.17 bits per heavy atom. The molecule has 5 nitrogen and oxygen atoms in total. The van der Waals surface area contributed by atoms with Gasteiger partial charge in [-0.2, -0.15) is 10.1 Å². The van der Waals surface area contributed by atoms with Crippen LogP contribution in [0.4, 0.5) is 0 Å². The Morgan fingerprint density at radius 3 is 2.08 bits per heavy atom. The molecule has 0 spiro atoms. The summed E-state index contributed by atoms with van der Waals surface area (Å²) in [5.41, 5.74) is 5.46. The lowest BCUT2D eigenvalue weighted by Gasteiger charge is -2.21. The van der Waals surface area contributed by atoms with Crippen LogP contribution < -0.4 is 5.73 Å². The zero-order chi connectivity index (χ0) is 9.56. The van der Waals surface area contributed by atoms with Gasteiger partial charge in [-0.1, -0.05) is 0 Å². The van der Waals surface area contributed by atoms with Gasteiger partial charge in [0, 0.05) is 34.7 Å². The molecule has 2 N–H and O–H groups in total. The highest BCUT2D eigenvalue weighted by Gasteiger charge is 2.09. The van der Waals surface area contributed by atoms with E-state index < -0.39 is 0 Å². The van der Waals surface area contributed by atoms with Crippen molar-refractivity contribution in [3.8, 4) is 0 Å². The highest BCUT2D eigenvalue weighted by molar-refractivity contribution is 4.54. The molecule has 0 heterocycles. The second kappa shape index (κ2) is 6.33. The number of hydrogen-bond donors (Lipinski definition) is 1. The standard InChI is InChI=1S/C7H19N3O2/c1-9(2)11-6-7(5-8)12-10(3)4/h7H,5-6,8H2,1-4H3. The fourth-order valence-corrected chi connectivity index (χ4v) is 0.672. The molecule has 0 fully saturated rings. The monoisotopic (exact) mass is 177 g/mol. The number of nitrogens with two attached hydrogens (primary N) is 1. The van der Waals surface area contributed by atoms with E-state index in [-0.39, 0.29) is 6.10 Å². The number of hydrogen-bond acceptors (Lipinski definition) is 5. The Balaban J connectivity index is 3.53. The quantitative estimate of drug-likeness (QED) is 0.544. The molecule has 1 atom stereocenters. The average Bonchev–Trinajstić information content (AvgIpc) is 1.97. The second-order valence-corrected chi connectivity index (χ2v) is 2.88. The molecule has 0 aliphatic carbocycles. The Morgan fingerprint density at radius 2 is 1.75 bits per heavy atom. The first-order valence-corrected chi connectivity index (χ1v) is 3.90. The number of hydroxylamine groups is 4. The van der Waals surface area contributed by atoms with Crippen LogP contribution >= 0.6 is 0 Å². The fraction of sp³-hybridized carbons (Fsp3) is 1.00. The Bertz CT molecular complexity index is 109. The van der Waals surface area contributed by atoms with Gasteiger partial charge in [-0.25, -0.2) is 0 Å². The first-order chi connectivity index (χ1) is 5.56. The molecule has 0 saturated heterocycles. The molecule has 0 aromatic heterocycles. The topological polar surface area (TPSA) is 51.0 Å². The molecule has 12 heavy (non-hydrogen) atoms. The van der Waals surface area contributed by atoms with Crippen LogP contribution in [0.3, 0.4) is 0 Å². The van der Waals surface area contributed by atoms with Gasteiger partial charge in [0.25, 0.3) is 0 Å². The van der Waals surface area contributed by atoms with E-state index in [1.165, 1.54) is 0 Å². The Labute approximate surface area is 73.9 Å². The summed E-state index contributed by atoms with van der Waals surface area (Å²) in [6, 6.07) is 0. The van der Waals surface area contributed by atoms with E-state index in [1.54, 1.807) is 10.1 Å². The average molecular weight is 177 g/mol. The van der Waals surface area contributed by atoms with Crippen LogP contribution in [0, 0.1) is 0 Å². The van der Waals surface area contributed by atoms with E-state index in [4.69, 9.17) is 15.4 Å². The molecule has 0 aromatic carbocycles. The maximum Gasteiger partial charge on any atom is 0.117 e. The lowest BCUT2D eigenvalue weighted by atomic mass is 10.4. The zero-order valence-electron chi connectivity index (χ0n) is 8.28. The largest absolute Gasteiger partial charge is 0.328 e. The smallest absolute Gasteiger partial charge is 0.117 e. The maximum absolute atomic E-state index is 5.46. The number of rotatable bonds is 6. The van der Waals surface area contributed by atoms with Crippen molar-refractivity contribution in [2.75, 3.05) is 41.3 Å². The predicted molar refractivity (Wildman–Crippen MR) is 47.3 cm³/mol. The molecule has 0 amide bonds.